The van der Waals surface area contributed by atoms with Crippen molar-refractivity contribution in [1.82, 2.24) is 4.90 Å². The predicted octanol–water partition coefficient (Wildman–Crippen LogP) is 3.25. The highest BCUT2D eigenvalue weighted by molar-refractivity contribution is 6.32. The minimum Gasteiger partial charge on any atom is -0.465 e. The lowest BCUT2D eigenvalue weighted by atomic mass is 9.99. The van der Waals surface area contributed by atoms with Crippen molar-refractivity contribution in [2.45, 2.75) is 6.42 Å². The molecule has 0 aromatic heterocycles. The van der Waals surface area contributed by atoms with Gasteiger partial charge in [-0.1, -0.05) is 17.7 Å². The molecule has 90 valence electrons. The Balaban J connectivity index is 2.24. The first-order valence-corrected chi connectivity index (χ1v) is 5.58. The van der Waals surface area contributed by atoms with Crippen molar-refractivity contribution in [2.75, 3.05) is 13.1 Å². The summed E-state index contributed by atoms with van der Waals surface area (Å²) in [5.41, 5.74) is 1.55. The van der Waals surface area contributed by atoms with Crippen LogP contribution in [0.15, 0.2) is 24.3 Å². The summed E-state index contributed by atoms with van der Waals surface area (Å²) < 4.78 is 13.1. The first kappa shape index (κ1) is 11.9. The van der Waals surface area contributed by atoms with E-state index in [2.05, 4.69) is 0 Å². The van der Waals surface area contributed by atoms with Gasteiger partial charge in [-0.05, 0) is 35.8 Å². The molecule has 2 rings (SSSR count). The van der Waals surface area contributed by atoms with Gasteiger partial charge in [-0.15, -0.1) is 0 Å². The summed E-state index contributed by atoms with van der Waals surface area (Å²) in [6.07, 6.45) is 1.39. The summed E-state index contributed by atoms with van der Waals surface area (Å²) in [7, 11) is 0. The molecule has 0 bridgehead atoms. The van der Waals surface area contributed by atoms with E-state index in [4.69, 9.17) is 16.7 Å². The number of nitrogens with zero attached hydrogens (tertiary/aromatic N) is 1. The van der Waals surface area contributed by atoms with Crippen LogP contribution in [0.5, 0.6) is 0 Å². The fourth-order valence-electron chi connectivity index (χ4n) is 1.83. The summed E-state index contributed by atoms with van der Waals surface area (Å²) in [6.45, 7) is 0.728. The number of amides is 1. The molecule has 1 N–H and O–H groups in total. The maximum Gasteiger partial charge on any atom is 0.407 e. The van der Waals surface area contributed by atoms with Crippen LogP contribution in [0.4, 0.5) is 9.18 Å². The summed E-state index contributed by atoms with van der Waals surface area (Å²) in [6, 6.07) is 4.19. The van der Waals surface area contributed by atoms with Crippen molar-refractivity contribution >= 4 is 23.3 Å². The van der Waals surface area contributed by atoms with Gasteiger partial charge in [-0.25, -0.2) is 9.18 Å². The maximum absolute atomic E-state index is 13.1. The fraction of sp³-hybridized carbons (Fsp3) is 0.250. The van der Waals surface area contributed by atoms with E-state index in [9.17, 15) is 9.18 Å². The standard InChI is InChI=1S/C12H11ClFNO2/c13-11-2-1-9(14)7-10(11)8-3-5-15(6-4-8)12(16)17/h1-3,7H,4-6H2,(H,16,17). The Labute approximate surface area is 103 Å². The van der Waals surface area contributed by atoms with Gasteiger partial charge in [-0.2, -0.15) is 0 Å². The molecule has 0 saturated heterocycles. The SMILES string of the molecule is O=C(O)N1CC=C(c2cc(F)ccc2Cl)CC1. The predicted molar refractivity (Wildman–Crippen MR) is 63.6 cm³/mol. The second-order valence-corrected chi connectivity index (χ2v) is 4.24. The molecular weight excluding hydrogens is 245 g/mol. The Morgan fingerprint density at radius 3 is 2.82 bits per heavy atom. The van der Waals surface area contributed by atoms with Gasteiger partial charge in [0.25, 0.3) is 0 Å². The van der Waals surface area contributed by atoms with E-state index < -0.39 is 6.09 Å². The summed E-state index contributed by atoms with van der Waals surface area (Å²) >= 11 is 5.99. The molecule has 1 aromatic rings. The van der Waals surface area contributed by atoms with Crippen LogP contribution in [0.2, 0.25) is 5.02 Å². The Kier molecular flexibility index (Phi) is 3.33. The van der Waals surface area contributed by atoms with Gasteiger partial charge in [0, 0.05) is 18.1 Å². The van der Waals surface area contributed by atoms with Gasteiger partial charge >= 0.3 is 6.09 Å². The molecular formula is C12H11ClFNO2. The highest BCUT2D eigenvalue weighted by Gasteiger charge is 2.18. The van der Waals surface area contributed by atoms with Gasteiger partial charge in [0.05, 0.1) is 0 Å². The molecule has 0 aliphatic carbocycles. The zero-order chi connectivity index (χ0) is 12.4. The molecule has 3 nitrogen and oxygen atoms in total. The van der Waals surface area contributed by atoms with Gasteiger partial charge in [0.1, 0.15) is 5.82 Å². The maximum atomic E-state index is 13.1. The number of carboxylic acid groups (broad SMARTS) is 1. The Morgan fingerprint density at radius 1 is 1.47 bits per heavy atom. The van der Waals surface area contributed by atoms with Gasteiger partial charge in [0.2, 0.25) is 0 Å². The molecule has 0 saturated carbocycles. The zero-order valence-corrected chi connectivity index (χ0v) is 9.75. The third-order valence-electron chi connectivity index (χ3n) is 2.75. The summed E-state index contributed by atoms with van der Waals surface area (Å²) in [5.74, 6) is -0.342. The van der Waals surface area contributed by atoms with Crippen LogP contribution in [0, 0.1) is 5.82 Å². The molecule has 1 heterocycles. The van der Waals surface area contributed by atoms with Crippen LogP contribution < -0.4 is 0 Å². The van der Waals surface area contributed by atoms with Gasteiger partial charge in [-0.3, -0.25) is 0 Å². The topological polar surface area (TPSA) is 40.5 Å². The first-order valence-electron chi connectivity index (χ1n) is 5.20. The second-order valence-electron chi connectivity index (χ2n) is 3.83. The van der Waals surface area contributed by atoms with Crippen LogP contribution in [-0.4, -0.2) is 29.2 Å². The fourth-order valence-corrected chi connectivity index (χ4v) is 2.07. The lowest BCUT2D eigenvalue weighted by molar-refractivity contribution is 0.150. The lowest BCUT2D eigenvalue weighted by Gasteiger charge is -2.24. The van der Waals surface area contributed by atoms with E-state index in [0.29, 0.717) is 30.1 Å². The third-order valence-corrected chi connectivity index (χ3v) is 3.08. The average Bonchev–Trinajstić information content (AvgIpc) is 2.32. The van der Waals surface area contributed by atoms with E-state index >= 15 is 0 Å². The molecule has 0 atom stereocenters. The van der Waals surface area contributed by atoms with Crippen molar-refractivity contribution in [3.05, 3.63) is 40.7 Å². The molecule has 17 heavy (non-hydrogen) atoms. The molecule has 0 radical (unpaired) electrons. The van der Waals surface area contributed by atoms with E-state index in [0.717, 1.165) is 5.57 Å². The Hall–Kier alpha value is -1.55. The Morgan fingerprint density at radius 2 is 2.24 bits per heavy atom. The highest BCUT2D eigenvalue weighted by atomic mass is 35.5. The van der Waals surface area contributed by atoms with Gasteiger partial charge in [0.15, 0.2) is 0 Å². The third kappa shape index (κ3) is 2.58. The van der Waals surface area contributed by atoms with Crippen LogP contribution in [0.25, 0.3) is 5.57 Å². The lowest BCUT2D eigenvalue weighted by Crippen LogP contribution is -2.33. The summed E-state index contributed by atoms with van der Waals surface area (Å²) in [5, 5.41) is 9.29. The molecule has 1 aromatic carbocycles. The van der Waals surface area contributed by atoms with Crippen molar-refractivity contribution in [3.8, 4) is 0 Å². The normalized spacial score (nSPS) is 15.6. The van der Waals surface area contributed by atoms with Crippen molar-refractivity contribution in [2.24, 2.45) is 0 Å². The number of rotatable bonds is 1. The molecule has 0 spiro atoms. The van der Waals surface area contributed by atoms with Crippen LogP contribution in [0.1, 0.15) is 12.0 Å². The highest BCUT2D eigenvalue weighted by Crippen LogP contribution is 2.29. The molecule has 1 amide bonds. The average molecular weight is 256 g/mol. The first-order chi connectivity index (χ1) is 8.08. The van der Waals surface area contributed by atoms with Crippen molar-refractivity contribution < 1.29 is 14.3 Å². The van der Waals surface area contributed by atoms with E-state index in [1.807, 2.05) is 0 Å². The molecule has 0 fully saturated rings. The Bertz CT molecular complexity index is 487. The number of carbonyl (C=O) groups is 1. The van der Waals surface area contributed by atoms with E-state index in [1.165, 1.54) is 23.1 Å². The molecule has 1 aliphatic heterocycles. The molecule has 1 aliphatic rings. The number of halogens is 2. The molecule has 5 heteroatoms. The quantitative estimate of drug-likeness (QED) is 0.837. The van der Waals surface area contributed by atoms with Crippen LogP contribution in [0.3, 0.4) is 0 Å². The van der Waals surface area contributed by atoms with E-state index in [-0.39, 0.29) is 5.82 Å². The number of hydrogen-bond donors (Lipinski definition) is 1. The minimum absolute atomic E-state index is 0.317. The van der Waals surface area contributed by atoms with Crippen LogP contribution in [-0.2, 0) is 0 Å². The van der Waals surface area contributed by atoms with Gasteiger partial charge < -0.3 is 10.0 Å². The van der Waals surface area contributed by atoms with Crippen molar-refractivity contribution in [1.29, 1.82) is 0 Å². The largest absolute Gasteiger partial charge is 0.465 e. The zero-order valence-electron chi connectivity index (χ0n) is 8.99. The molecule has 0 unspecified atom stereocenters. The minimum atomic E-state index is -0.939. The summed E-state index contributed by atoms with van der Waals surface area (Å²) in [4.78, 5) is 12.0. The monoisotopic (exact) mass is 255 g/mol. The van der Waals surface area contributed by atoms with Crippen molar-refractivity contribution in [3.63, 3.8) is 0 Å². The number of benzene rings is 1. The smallest absolute Gasteiger partial charge is 0.407 e. The second kappa shape index (κ2) is 4.75. The van der Waals surface area contributed by atoms with E-state index in [1.54, 1.807) is 6.08 Å². The van der Waals surface area contributed by atoms with Crippen LogP contribution >= 0.6 is 11.6 Å². The number of hydrogen-bond acceptors (Lipinski definition) is 1.